The Balaban J connectivity index is 0.000000152. The number of nitrogens with one attached hydrogen (secondary N) is 2. The molecule has 0 saturated carbocycles. The van der Waals surface area contributed by atoms with E-state index in [1.165, 1.54) is 9.23 Å². The van der Waals surface area contributed by atoms with Gasteiger partial charge in [-0.3, -0.25) is 0 Å². The van der Waals surface area contributed by atoms with Crippen LogP contribution in [0.2, 0.25) is 0 Å². The predicted octanol–water partition coefficient (Wildman–Crippen LogP) is 2.73. The van der Waals surface area contributed by atoms with E-state index in [-0.39, 0.29) is 21.6 Å². The van der Waals surface area contributed by atoms with Crippen LogP contribution >= 0.6 is 22.7 Å². The van der Waals surface area contributed by atoms with Crippen molar-refractivity contribution in [3.63, 3.8) is 0 Å². The summed E-state index contributed by atoms with van der Waals surface area (Å²) in [6, 6.07) is 22.3. The summed E-state index contributed by atoms with van der Waals surface area (Å²) < 4.78 is 2.42. The topological polar surface area (TPSA) is 74.4 Å². The van der Waals surface area contributed by atoms with Crippen molar-refractivity contribution in [3.8, 4) is 32.6 Å². The molecule has 1 aliphatic rings. The van der Waals surface area contributed by atoms with Gasteiger partial charge in [-0.2, -0.15) is 9.97 Å². The summed E-state index contributed by atoms with van der Waals surface area (Å²) >= 11 is 3.27. The summed E-state index contributed by atoms with van der Waals surface area (Å²) in [4.78, 5) is 6.59. The number of para-hydroxylation sites is 3. The first-order chi connectivity index (χ1) is 15.7. The van der Waals surface area contributed by atoms with Crippen LogP contribution in [-0.2, 0) is 0 Å². The number of fused-ring (bicyclic) bond motifs is 2. The van der Waals surface area contributed by atoms with Gasteiger partial charge >= 0.3 is 10.1 Å². The van der Waals surface area contributed by atoms with Gasteiger partial charge in [0.1, 0.15) is 9.23 Å². The molecule has 0 atom stereocenters. The largest absolute Gasteiger partial charge is 2.00 e. The fourth-order valence-electron chi connectivity index (χ4n) is 3.59. The second-order valence-electron chi connectivity index (χ2n) is 7.36. The molecule has 0 amide bonds. The number of hydrogen-bond acceptors (Lipinski definition) is 4. The fourth-order valence-corrected chi connectivity index (χ4v) is 5.73. The number of benzene rings is 3. The van der Waals surface area contributed by atoms with Gasteiger partial charge in [0.15, 0.2) is 0 Å². The molecule has 4 nitrogen and oxygen atoms in total. The summed E-state index contributed by atoms with van der Waals surface area (Å²) in [5, 5.41) is 26.4. The van der Waals surface area contributed by atoms with Gasteiger partial charge in [-0.05, 0) is 37.1 Å². The Morgan fingerprint density at radius 3 is 1.85 bits per heavy atom. The first kappa shape index (κ1) is 22.9. The minimum atomic E-state index is 0. The predicted molar refractivity (Wildman–Crippen MR) is 132 cm³/mol. The number of H-pyrrole nitrogens is 2. The molecule has 1 aliphatic carbocycles. The molecule has 0 saturated heterocycles. The Bertz CT molecular complexity index is 1460. The van der Waals surface area contributed by atoms with Crippen molar-refractivity contribution in [2.45, 2.75) is 12.8 Å². The molecule has 5 aromatic rings. The molecule has 0 unspecified atom stereocenters. The molecular formula is C26H20BeN2O2S2+2. The van der Waals surface area contributed by atoms with Gasteiger partial charge in [0.2, 0.25) is 10.9 Å². The summed E-state index contributed by atoms with van der Waals surface area (Å²) in [5.74, 6) is 0.141. The average molecular weight is 466 g/mol. The maximum absolute atomic E-state index is 11.7. The van der Waals surface area contributed by atoms with Gasteiger partial charge in [0, 0.05) is 17.2 Å². The van der Waals surface area contributed by atoms with Gasteiger partial charge in [-0.15, -0.1) is 0 Å². The maximum atomic E-state index is 11.7. The van der Waals surface area contributed by atoms with Crippen LogP contribution in [0.5, 0.6) is 11.5 Å². The van der Waals surface area contributed by atoms with Gasteiger partial charge in [-0.25, -0.2) is 0 Å². The number of thiazole rings is 2. The molecule has 0 fully saturated rings. The van der Waals surface area contributed by atoms with E-state index < -0.39 is 0 Å². The fraction of sp³-hybridized carbons (Fsp3) is 0.0769. The molecule has 158 valence electrons. The number of rotatable bonds is 2. The normalized spacial score (nSPS) is 11.9. The van der Waals surface area contributed by atoms with Crippen molar-refractivity contribution in [1.29, 1.82) is 0 Å². The zero-order valence-corrected chi connectivity index (χ0v) is 19.5. The molecule has 0 bridgehead atoms. The SMILES string of the molecule is [Be+2].[O-]c1ccccc1-c1[nH+]c2c(s1)=CCCC=2.[O-]c1ccccc1-c1[nH+]c2ccccc2s1. The zero-order valence-electron chi connectivity index (χ0n) is 17.8. The smallest absolute Gasteiger partial charge is 0.872 e. The van der Waals surface area contributed by atoms with Crippen molar-refractivity contribution >= 4 is 55.2 Å². The maximum Gasteiger partial charge on any atom is 2.00 e. The molecule has 7 heteroatoms. The van der Waals surface area contributed by atoms with Crippen LogP contribution in [-0.4, -0.2) is 10.1 Å². The van der Waals surface area contributed by atoms with Crippen molar-refractivity contribution in [1.82, 2.24) is 0 Å². The molecule has 6 rings (SSSR count). The Kier molecular flexibility index (Phi) is 6.99. The Morgan fingerprint density at radius 2 is 1.21 bits per heavy atom. The third kappa shape index (κ3) is 4.88. The molecule has 2 aromatic heterocycles. The van der Waals surface area contributed by atoms with Gasteiger partial charge < -0.3 is 10.2 Å². The van der Waals surface area contributed by atoms with Crippen LogP contribution < -0.4 is 30.1 Å². The van der Waals surface area contributed by atoms with E-state index in [1.54, 1.807) is 46.9 Å². The minimum absolute atomic E-state index is 0. The molecule has 0 spiro atoms. The Morgan fingerprint density at radius 1 is 0.636 bits per heavy atom. The molecule has 0 aliphatic heterocycles. The number of hydrogen-bond donors (Lipinski definition) is 0. The second kappa shape index (κ2) is 10.1. The van der Waals surface area contributed by atoms with Gasteiger partial charge in [0.25, 0.3) is 10.0 Å². The molecule has 0 radical (unpaired) electrons. The van der Waals surface area contributed by atoms with Crippen molar-refractivity contribution in [2.75, 3.05) is 0 Å². The van der Waals surface area contributed by atoms with Gasteiger partial charge in [0.05, 0.1) is 0 Å². The Hall–Kier alpha value is -3.31. The van der Waals surface area contributed by atoms with E-state index in [4.69, 9.17) is 0 Å². The van der Waals surface area contributed by atoms with E-state index in [2.05, 4.69) is 22.1 Å². The van der Waals surface area contributed by atoms with E-state index >= 15 is 0 Å². The summed E-state index contributed by atoms with van der Waals surface area (Å²) in [7, 11) is 0. The third-order valence-electron chi connectivity index (χ3n) is 5.18. The van der Waals surface area contributed by atoms with Crippen LogP contribution in [0.1, 0.15) is 12.8 Å². The minimum Gasteiger partial charge on any atom is -0.872 e. The summed E-state index contributed by atoms with van der Waals surface area (Å²) in [5.41, 5.74) is 2.58. The first-order valence-electron chi connectivity index (χ1n) is 10.4. The molecular weight excluding hydrogens is 445 g/mol. The van der Waals surface area contributed by atoms with Crippen molar-refractivity contribution in [2.24, 2.45) is 0 Å². The van der Waals surface area contributed by atoms with Crippen LogP contribution in [0.15, 0.2) is 72.8 Å². The van der Waals surface area contributed by atoms with Crippen molar-refractivity contribution in [3.05, 3.63) is 82.7 Å². The quantitative estimate of drug-likeness (QED) is 0.376. The van der Waals surface area contributed by atoms with E-state index in [9.17, 15) is 10.2 Å². The molecule has 2 heterocycles. The van der Waals surface area contributed by atoms with Crippen LogP contribution in [0.3, 0.4) is 0 Å². The van der Waals surface area contributed by atoms with Crippen LogP contribution in [0, 0.1) is 0 Å². The van der Waals surface area contributed by atoms with Crippen LogP contribution in [0.25, 0.3) is 43.5 Å². The van der Waals surface area contributed by atoms with Gasteiger partial charge in [-0.1, -0.05) is 88.8 Å². The Labute approximate surface area is 203 Å². The number of aromatic nitrogens is 2. The third-order valence-corrected chi connectivity index (χ3v) is 7.42. The van der Waals surface area contributed by atoms with E-state index in [0.29, 0.717) is 0 Å². The zero-order chi connectivity index (χ0) is 21.9. The summed E-state index contributed by atoms with van der Waals surface area (Å²) in [6.07, 6.45) is 6.61. The second-order valence-corrected chi connectivity index (χ2v) is 9.47. The average Bonchev–Trinajstić information content (AvgIpc) is 3.44. The molecule has 3 aromatic carbocycles. The van der Waals surface area contributed by atoms with Crippen LogP contribution in [0.4, 0.5) is 0 Å². The number of aromatic amines is 2. The molecule has 2 N–H and O–H groups in total. The monoisotopic (exact) mass is 465 g/mol. The standard InChI is InChI=1S/C13H11NOS.C13H9NOS.Be/c2*15-11-7-3-1-5-9(11)13-14-10-6-2-4-8-12(10)16-13;/h1,3,5-8,15H,2,4H2;1-8,15H;/q;;+2. The van der Waals surface area contributed by atoms with Crippen molar-refractivity contribution < 1.29 is 20.2 Å². The summed E-state index contributed by atoms with van der Waals surface area (Å²) in [6.45, 7) is 0. The van der Waals surface area contributed by atoms with E-state index in [0.717, 1.165) is 44.8 Å². The first-order valence-corrected chi connectivity index (χ1v) is 12.0. The molecule has 33 heavy (non-hydrogen) atoms. The van der Waals surface area contributed by atoms with E-state index in [1.807, 2.05) is 48.5 Å².